The molecule has 20 heteroatoms. The van der Waals surface area contributed by atoms with Crippen LogP contribution in [0.5, 0.6) is 0 Å². The molecule has 2 amide bonds. The summed E-state index contributed by atoms with van der Waals surface area (Å²) in [7, 11) is -0.0307. The number of aliphatic hydroxyl groups excluding tert-OH is 1. The third-order valence-electron chi connectivity index (χ3n) is 12.0. The number of allylic oxidation sites excluding steroid dienone is 1. The molecule has 0 saturated carbocycles. The van der Waals surface area contributed by atoms with Gasteiger partial charge in [-0.3, -0.25) is 14.6 Å². The number of anilines is 4. The molecule has 6 heterocycles. The first-order valence-corrected chi connectivity index (χ1v) is 27.1. The average molecular weight is 978 g/mol. The van der Waals surface area contributed by atoms with Gasteiger partial charge in [-0.2, -0.15) is 0 Å². The molecular formula is C50H61F2N11O6Si. The zero-order chi connectivity index (χ0) is 50.0. The highest BCUT2D eigenvalue weighted by atomic mass is 28.3. The molecule has 70 heavy (non-hydrogen) atoms. The summed E-state index contributed by atoms with van der Waals surface area (Å²) in [5.41, 5.74) is 17.1. The number of pyridine rings is 2. The fourth-order valence-electron chi connectivity index (χ4n) is 8.34. The van der Waals surface area contributed by atoms with E-state index < -0.39 is 25.8 Å². The van der Waals surface area contributed by atoms with Gasteiger partial charge < -0.3 is 51.0 Å². The molecular weight excluding hydrogens is 917 g/mol. The molecule has 370 valence electrons. The van der Waals surface area contributed by atoms with Crippen LogP contribution >= 0.6 is 0 Å². The normalized spacial score (nSPS) is 17.0. The van der Waals surface area contributed by atoms with Gasteiger partial charge in [0.25, 0.3) is 11.8 Å². The number of amides is 2. The van der Waals surface area contributed by atoms with Gasteiger partial charge in [-0.05, 0) is 80.3 Å². The van der Waals surface area contributed by atoms with Crippen molar-refractivity contribution in [3.8, 4) is 11.3 Å². The first-order valence-electron chi connectivity index (χ1n) is 23.3. The van der Waals surface area contributed by atoms with Gasteiger partial charge in [0, 0.05) is 89.1 Å². The highest BCUT2D eigenvalue weighted by Gasteiger charge is 2.27. The van der Waals surface area contributed by atoms with Crippen molar-refractivity contribution in [2.24, 2.45) is 16.5 Å². The number of aliphatic imine (C=N–C) groups is 1. The molecule has 2 aromatic carbocycles. The molecule has 8 rings (SSSR count). The SMILES string of the molecule is COC(=O)c1cc(-c2cn(COCC[Si](C)(C)C)c(C(=O)Nc3cccc(F)c3N3CCC[C@@H](N)C3)n2)ccn1.N[C@@H]1CCCN(c2c(F)cccc2NC(=O)C2=NC(c3ccnc(CO)c3)=CC2)C1. The maximum Gasteiger partial charge on any atom is 0.356 e. The maximum absolute atomic E-state index is 15.0. The zero-order valence-electron chi connectivity index (χ0n) is 40.0. The Morgan fingerprint density at radius 3 is 2.06 bits per heavy atom. The largest absolute Gasteiger partial charge is 0.464 e. The van der Waals surface area contributed by atoms with E-state index in [4.69, 9.17) is 20.9 Å². The number of ether oxygens (including phenoxy) is 2. The summed E-state index contributed by atoms with van der Waals surface area (Å²) < 4.78 is 42.0. The molecule has 2 atom stereocenters. The van der Waals surface area contributed by atoms with Crippen LogP contribution < -0.4 is 31.9 Å². The number of nitrogens with zero attached hydrogens (tertiary/aromatic N) is 7. The van der Waals surface area contributed by atoms with Crippen LogP contribution in [0.25, 0.3) is 17.0 Å². The summed E-state index contributed by atoms with van der Waals surface area (Å²) in [6.07, 6.45) is 10.5. The smallest absolute Gasteiger partial charge is 0.356 e. The molecule has 3 aliphatic rings. The Balaban J connectivity index is 0.000000215. The number of nitrogens with two attached hydrogens (primary N) is 2. The maximum atomic E-state index is 15.0. The van der Waals surface area contributed by atoms with E-state index in [-0.39, 0.29) is 48.7 Å². The number of imidazole rings is 1. The van der Waals surface area contributed by atoms with Crippen molar-refractivity contribution < 1.29 is 37.7 Å². The Hall–Kier alpha value is -6.71. The molecule has 2 saturated heterocycles. The Morgan fingerprint density at radius 1 is 0.843 bits per heavy atom. The van der Waals surface area contributed by atoms with Crippen molar-refractivity contribution >= 4 is 60.0 Å². The molecule has 0 aliphatic carbocycles. The second-order valence-electron chi connectivity index (χ2n) is 18.6. The third-order valence-corrected chi connectivity index (χ3v) is 13.7. The van der Waals surface area contributed by atoms with Crippen LogP contribution in [0.4, 0.5) is 31.5 Å². The third kappa shape index (κ3) is 13.1. The first kappa shape index (κ1) is 51.1. The summed E-state index contributed by atoms with van der Waals surface area (Å²) in [6.45, 7) is 9.66. The van der Waals surface area contributed by atoms with Crippen molar-refractivity contribution in [2.75, 3.05) is 60.3 Å². The van der Waals surface area contributed by atoms with Gasteiger partial charge in [0.2, 0.25) is 5.82 Å². The van der Waals surface area contributed by atoms with Crippen molar-refractivity contribution in [1.82, 2.24) is 19.5 Å². The van der Waals surface area contributed by atoms with Crippen LogP contribution in [0.3, 0.4) is 0 Å². The summed E-state index contributed by atoms with van der Waals surface area (Å²) in [4.78, 5) is 59.3. The van der Waals surface area contributed by atoms with E-state index >= 15 is 4.39 Å². The quantitative estimate of drug-likeness (QED) is 0.0412. The predicted molar refractivity (Wildman–Crippen MR) is 269 cm³/mol. The molecule has 7 N–H and O–H groups in total. The average Bonchev–Trinajstić information content (AvgIpc) is 4.02. The van der Waals surface area contributed by atoms with Crippen LogP contribution in [0, 0.1) is 11.6 Å². The molecule has 0 radical (unpaired) electrons. The second-order valence-corrected chi connectivity index (χ2v) is 24.2. The van der Waals surface area contributed by atoms with E-state index in [0.717, 1.165) is 37.3 Å². The van der Waals surface area contributed by atoms with E-state index in [1.165, 1.54) is 25.4 Å². The minimum absolute atomic E-state index is 0.0166. The van der Waals surface area contributed by atoms with Crippen LogP contribution in [0.2, 0.25) is 25.7 Å². The number of methoxy groups -OCH3 is 1. The van der Waals surface area contributed by atoms with Crippen molar-refractivity contribution in [3.63, 3.8) is 0 Å². The minimum atomic E-state index is -1.31. The molecule has 3 aliphatic heterocycles. The number of halogens is 2. The van der Waals surface area contributed by atoms with Gasteiger partial charge in [-0.1, -0.05) is 37.8 Å². The monoisotopic (exact) mass is 977 g/mol. The number of carbonyl (C=O) groups is 3. The van der Waals surface area contributed by atoms with Crippen LogP contribution in [-0.2, 0) is 27.6 Å². The van der Waals surface area contributed by atoms with Crippen LogP contribution in [0.1, 0.15) is 64.5 Å². The first-order chi connectivity index (χ1) is 33.6. The molecule has 2 fully saturated rings. The number of nitrogens with one attached hydrogen (secondary N) is 2. The van der Waals surface area contributed by atoms with E-state index in [9.17, 15) is 23.9 Å². The second kappa shape index (κ2) is 23.3. The van der Waals surface area contributed by atoms with Crippen molar-refractivity contribution in [2.45, 2.75) is 83.2 Å². The Kier molecular flexibility index (Phi) is 17.0. The fourth-order valence-corrected chi connectivity index (χ4v) is 9.09. The zero-order valence-corrected chi connectivity index (χ0v) is 41.0. The molecule has 5 aromatic rings. The van der Waals surface area contributed by atoms with Crippen LogP contribution in [-0.4, -0.2) is 108 Å². The number of carbonyl (C=O) groups excluding carboxylic acids is 3. The topological polar surface area (TPSA) is 228 Å². The lowest BCUT2D eigenvalue weighted by Crippen LogP contribution is -2.43. The molecule has 0 bridgehead atoms. The Morgan fingerprint density at radius 2 is 1.46 bits per heavy atom. The highest BCUT2D eigenvalue weighted by molar-refractivity contribution is 6.76. The van der Waals surface area contributed by atoms with Crippen LogP contribution in [0.15, 0.2) is 90.3 Å². The number of para-hydroxylation sites is 2. The van der Waals surface area contributed by atoms with E-state index in [1.807, 2.05) is 15.9 Å². The molecule has 0 spiro atoms. The highest BCUT2D eigenvalue weighted by Crippen LogP contribution is 2.34. The number of piperidine rings is 2. The molecule has 3 aromatic heterocycles. The predicted octanol–water partition coefficient (Wildman–Crippen LogP) is 6.83. The molecule has 0 unspecified atom stereocenters. The number of hydrogen-bond acceptors (Lipinski definition) is 14. The van der Waals surface area contributed by atoms with Crippen molar-refractivity contribution in [1.29, 1.82) is 0 Å². The van der Waals surface area contributed by atoms with Gasteiger partial charge in [-0.25, -0.2) is 28.5 Å². The number of aromatic nitrogens is 4. The fraction of sp³-hybridized carbons (Fsp3) is 0.380. The van der Waals surface area contributed by atoms with E-state index in [2.05, 4.69) is 50.2 Å². The van der Waals surface area contributed by atoms with Gasteiger partial charge in [0.15, 0.2) is 0 Å². The lowest BCUT2D eigenvalue weighted by atomic mass is 10.1. The summed E-state index contributed by atoms with van der Waals surface area (Å²) >= 11 is 0. The summed E-state index contributed by atoms with van der Waals surface area (Å²) in [5, 5.41) is 14.9. The molecule has 17 nitrogen and oxygen atoms in total. The van der Waals surface area contributed by atoms with E-state index in [0.29, 0.717) is 90.3 Å². The lowest BCUT2D eigenvalue weighted by Gasteiger charge is -2.34. The van der Waals surface area contributed by atoms with Crippen molar-refractivity contribution in [3.05, 3.63) is 120 Å². The standard InChI is InChI=1S/C28H37FN6O4Si.C22H24FN5O2/c1-38-28(37)23-15-19(10-11-31-23)24-17-35(18-39-13-14-40(2,3)4)26(32-24)27(36)33-22-9-5-8-21(29)25(22)34-12-6-7-20(30)16-34;23-17-4-1-5-19(21(17)28-10-2-3-15(24)12-28)27-22(30)20-7-6-18(26-20)14-8-9-25-16(11-14)13-29/h5,8-11,15,17,20H,6-7,12-14,16,18,30H2,1-4H3,(H,33,36);1,4-6,8-9,11,15,29H,2-3,7,10,12-13,24H2,(H,27,30)/t20-;15-/m11/s1. The number of hydrogen-bond donors (Lipinski definition) is 5. The Bertz CT molecular complexity index is 2740. The van der Waals surface area contributed by atoms with Gasteiger partial charge in [-0.15, -0.1) is 0 Å². The van der Waals surface area contributed by atoms with Gasteiger partial charge in [0.1, 0.15) is 29.8 Å². The van der Waals surface area contributed by atoms with E-state index in [1.54, 1.807) is 65.5 Å². The number of benzene rings is 2. The summed E-state index contributed by atoms with van der Waals surface area (Å²) in [6, 6.07) is 16.9. The number of rotatable bonds is 15. The lowest BCUT2D eigenvalue weighted by molar-refractivity contribution is -0.110. The minimum Gasteiger partial charge on any atom is -0.464 e. The van der Waals surface area contributed by atoms with Gasteiger partial charge in [0.05, 0.1) is 53.6 Å². The number of esters is 1. The summed E-state index contributed by atoms with van der Waals surface area (Å²) in [5.74, 6) is -2.20. The Labute approximate surface area is 407 Å². The van der Waals surface area contributed by atoms with Gasteiger partial charge >= 0.3 is 5.97 Å². The number of aliphatic hydroxyl groups is 1.